The highest BCUT2D eigenvalue weighted by atomic mass is 32.2. The molecule has 7 nitrogen and oxygen atoms in total. The van der Waals surface area contributed by atoms with Crippen molar-refractivity contribution in [1.29, 1.82) is 5.26 Å². The summed E-state index contributed by atoms with van der Waals surface area (Å²) in [5, 5.41) is 12.2. The van der Waals surface area contributed by atoms with Crippen LogP contribution in [0.2, 0.25) is 0 Å². The van der Waals surface area contributed by atoms with E-state index in [1.807, 2.05) is 43.3 Å². The van der Waals surface area contributed by atoms with Crippen LogP contribution in [-0.2, 0) is 4.79 Å². The maximum Gasteiger partial charge on any atom is 0.326 e. The third-order valence-electron chi connectivity index (χ3n) is 3.67. The van der Waals surface area contributed by atoms with Gasteiger partial charge in [0.15, 0.2) is 0 Å². The number of amides is 1. The molecule has 0 aliphatic rings. The Morgan fingerprint density at radius 3 is 2.73 bits per heavy atom. The minimum atomic E-state index is -0.664. The second-order valence-electron chi connectivity index (χ2n) is 5.48. The van der Waals surface area contributed by atoms with Crippen molar-refractivity contribution < 1.29 is 4.79 Å². The first-order chi connectivity index (χ1) is 12.5. The predicted octanol–water partition coefficient (Wildman–Crippen LogP) is 2.12. The molecule has 0 bridgehead atoms. The number of hydrogen-bond donors (Lipinski definition) is 3. The van der Waals surface area contributed by atoms with Crippen LogP contribution >= 0.6 is 23.1 Å². The number of fused-ring (bicyclic) bond motifs is 1. The van der Waals surface area contributed by atoms with E-state index in [4.69, 9.17) is 0 Å². The van der Waals surface area contributed by atoms with Crippen LogP contribution in [0.15, 0.2) is 44.1 Å². The van der Waals surface area contributed by atoms with Gasteiger partial charge in [0.2, 0.25) is 5.91 Å². The Morgan fingerprint density at radius 2 is 2.04 bits per heavy atom. The van der Waals surface area contributed by atoms with E-state index in [1.54, 1.807) is 0 Å². The zero-order chi connectivity index (χ0) is 18.7. The SMILES string of the molecule is C[C@@H](NC(=O)CSc1sc2c(=O)[nH]c(=O)[nH]c2c1C#N)c1ccccc1. The minimum Gasteiger partial charge on any atom is -0.349 e. The van der Waals surface area contributed by atoms with Crippen molar-refractivity contribution in [3.8, 4) is 6.07 Å². The van der Waals surface area contributed by atoms with Crippen LogP contribution < -0.4 is 16.6 Å². The summed E-state index contributed by atoms with van der Waals surface area (Å²) in [6, 6.07) is 11.4. The number of carbonyl (C=O) groups excluding carboxylic acids is 1. The number of nitrogens with zero attached hydrogens (tertiary/aromatic N) is 1. The minimum absolute atomic E-state index is 0.0980. The van der Waals surface area contributed by atoms with Gasteiger partial charge in [-0.15, -0.1) is 23.1 Å². The van der Waals surface area contributed by atoms with Crippen LogP contribution in [0.25, 0.3) is 10.2 Å². The van der Waals surface area contributed by atoms with E-state index in [0.717, 1.165) is 16.9 Å². The highest BCUT2D eigenvalue weighted by Gasteiger charge is 2.18. The number of benzene rings is 1. The van der Waals surface area contributed by atoms with E-state index in [0.29, 0.717) is 4.21 Å². The standard InChI is InChI=1S/C17H14N4O3S2/c1-9(10-5-3-2-4-6-10)19-12(22)8-25-16-11(7-18)13-14(26-16)15(23)21-17(24)20-13/h2-6,9H,8H2,1H3,(H,19,22)(H2,20,21,23,24)/t9-/m1/s1. The van der Waals surface area contributed by atoms with Gasteiger partial charge in [-0.05, 0) is 12.5 Å². The largest absolute Gasteiger partial charge is 0.349 e. The zero-order valence-corrected chi connectivity index (χ0v) is 15.3. The third-order valence-corrected chi connectivity index (χ3v) is 6.13. The van der Waals surface area contributed by atoms with Gasteiger partial charge >= 0.3 is 5.69 Å². The summed E-state index contributed by atoms with van der Waals surface area (Å²) in [7, 11) is 0. The number of aromatic amines is 2. The van der Waals surface area contributed by atoms with Crippen molar-refractivity contribution in [2.75, 3.05) is 5.75 Å². The van der Waals surface area contributed by atoms with Gasteiger partial charge in [-0.1, -0.05) is 30.3 Å². The fourth-order valence-electron chi connectivity index (χ4n) is 2.44. The molecule has 0 saturated heterocycles. The van der Waals surface area contributed by atoms with Gasteiger partial charge in [-0.25, -0.2) is 4.79 Å². The number of carbonyl (C=O) groups is 1. The Morgan fingerprint density at radius 1 is 1.31 bits per heavy atom. The molecule has 3 aromatic rings. The molecular weight excluding hydrogens is 372 g/mol. The second-order valence-corrected chi connectivity index (χ2v) is 7.74. The molecule has 0 aliphatic heterocycles. The first-order valence-corrected chi connectivity index (χ1v) is 9.46. The third kappa shape index (κ3) is 3.71. The van der Waals surface area contributed by atoms with E-state index in [1.165, 1.54) is 11.8 Å². The van der Waals surface area contributed by atoms with Gasteiger partial charge in [-0.3, -0.25) is 14.6 Å². The molecule has 1 amide bonds. The summed E-state index contributed by atoms with van der Waals surface area (Å²) in [5.74, 6) is -0.0871. The van der Waals surface area contributed by atoms with Crippen LogP contribution in [0.4, 0.5) is 0 Å². The van der Waals surface area contributed by atoms with Gasteiger partial charge < -0.3 is 10.3 Å². The highest BCUT2D eigenvalue weighted by Crippen LogP contribution is 2.34. The molecule has 0 fully saturated rings. The van der Waals surface area contributed by atoms with Gasteiger partial charge in [0.25, 0.3) is 5.56 Å². The van der Waals surface area contributed by atoms with E-state index < -0.39 is 11.2 Å². The maximum atomic E-state index is 12.2. The molecule has 2 heterocycles. The molecule has 0 unspecified atom stereocenters. The molecule has 132 valence electrons. The first kappa shape index (κ1) is 18.0. The van der Waals surface area contributed by atoms with Crippen LogP contribution in [0.1, 0.15) is 24.1 Å². The number of rotatable bonds is 5. The van der Waals surface area contributed by atoms with Crippen molar-refractivity contribution in [2.45, 2.75) is 17.2 Å². The molecule has 0 saturated carbocycles. The lowest BCUT2D eigenvalue weighted by Crippen LogP contribution is -2.28. The summed E-state index contributed by atoms with van der Waals surface area (Å²) < 4.78 is 0.791. The van der Waals surface area contributed by atoms with E-state index in [-0.39, 0.29) is 33.5 Å². The molecule has 0 aliphatic carbocycles. The fourth-order valence-corrected chi connectivity index (χ4v) is 4.57. The highest BCUT2D eigenvalue weighted by molar-refractivity contribution is 8.02. The maximum absolute atomic E-state index is 12.2. The van der Waals surface area contributed by atoms with E-state index in [9.17, 15) is 19.6 Å². The second kappa shape index (κ2) is 7.59. The first-order valence-electron chi connectivity index (χ1n) is 7.66. The average molecular weight is 386 g/mol. The Kier molecular flexibility index (Phi) is 5.25. The monoisotopic (exact) mass is 386 g/mol. The summed E-state index contributed by atoms with van der Waals surface area (Å²) in [5.41, 5.74) is 0.213. The molecule has 0 radical (unpaired) electrons. The Labute approximate surface area is 156 Å². The molecule has 26 heavy (non-hydrogen) atoms. The van der Waals surface area contributed by atoms with Crippen molar-refractivity contribution in [2.24, 2.45) is 0 Å². The average Bonchev–Trinajstić information content (AvgIpc) is 2.98. The lowest BCUT2D eigenvalue weighted by molar-refractivity contribution is -0.119. The van der Waals surface area contributed by atoms with E-state index in [2.05, 4.69) is 15.3 Å². The number of nitriles is 1. The van der Waals surface area contributed by atoms with Crippen LogP contribution in [0, 0.1) is 11.3 Å². The molecular formula is C17H14N4O3S2. The van der Waals surface area contributed by atoms with Crippen LogP contribution in [-0.4, -0.2) is 21.6 Å². The van der Waals surface area contributed by atoms with Crippen LogP contribution in [0.3, 0.4) is 0 Å². The summed E-state index contributed by atoms with van der Waals surface area (Å²) in [6.45, 7) is 1.89. The Hall–Kier alpha value is -2.83. The number of nitrogens with one attached hydrogen (secondary N) is 3. The smallest absolute Gasteiger partial charge is 0.326 e. The van der Waals surface area contributed by atoms with Crippen molar-refractivity contribution >= 4 is 39.2 Å². The van der Waals surface area contributed by atoms with Crippen LogP contribution in [0.5, 0.6) is 0 Å². The lowest BCUT2D eigenvalue weighted by Gasteiger charge is -2.13. The van der Waals surface area contributed by atoms with Gasteiger partial charge in [0.1, 0.15) is 16.3 Å². The normalized spacial score (nSPS) is 11.8. The Balaban J connectivity index is 1.75. The molecule has 9 heteroatoms. The molecule has 3 N–H and O–H groups in total. The quantitative estimate of drug-likeness (QED) is 0.581. The molecule has 1 aromatic carbocycles. The number of hydrogen-bond acceptors (Lipinski definition) is 6. The predicted molar refractivity (Wildman–Crippen MR) is 102 cm³/mol. The number of thioether (sulfide) groups is 1. The van der Waals surface area contributed by atoms with Crippen molar-refractivity contribution in [3.05, 3.63) is 62.3 Å². The number of thiophene rings is 1. The molecule has 0 spiro atoms. The van der Waals surface area contributed by atoms with Crippen molar-refractivity contribution in [1.82, 2.24) is 15.3 Å². The zero-order valence-electron chi connectivity index (χ0n) is 13.7. The Bertz CT molecular complexity index is 1110. The molecule has 3 rings (SSSR count). The molecule has 2 aromatic heterocycles. The van der Waals surface area contributed by atoms with Gasteiger partial charge in [-0.2, -0.15) is 5.26 Å². The van der Waals surface area contributed by atoms with E-state index >= 15 is 0 Å². The summed E-state index contributed by atoms with van der Waals surface area (Å²) >= 11 is 2.25. The lowest BCUT2D eigenvalue weighted by atomic mass is 10.1. The summed E-state index contributed by atoms with van der Waals surface area (Å²) in [6.07, 6.45) is 0. The molecule has 1 atom stereocenters. The van der Waals surface area contributed by atoms with Gasteiger partial charge in [0.05, 0.1) is 21.5 Å². The topological polar surface area (TPSA) is 119 Å². The number of aromatic nitrogens is 2. The van der Waals surface area contributed by atoms with Crippen molar-refractivity contribution in [3.63, 3.8) is 0 Å². The van der Waals surface area contributed by atoms with Gasteiger partial charge in [0, 0.05) is 0 Å². The number of H-pyrrole nitrogens is 2. The fraction of sp³-hybridized carbons (Fsp3) is 0.176. The summed E-state index contributed by atoms with van der Waals surface area (Å²) in [4.78, 5) is 40.1.